The van der Waals surface area contributed by atoms with Gasteiger partial charge in [-0.25, -0.2) is 27.8 Å². The Labute approximate surface area is 233 Å². The summed E-state index contributed by atoms with van der Waals surface area (Å²) in [6.07, 6.45) is 4.70. The highest BCUT2D eigenvalue weighted by molar-refractivity contribution is 7.92. The van der Waals surface area contributed by atoms with Gasteiger partial charge < -0.3 is 15.4 Å². The van der Waals surface area contributed by atoms with E-state index in [-0.39, 0.29) is 34.7 Å². The van der Waals surface area contributed by atoms with E-state index in [1.165, 1.54) is 0 Å². The zero-order valence-electron chi connectivity index (χ0n) is 22.7. The van der Waals surface area contributed by atoms with Gasteiger partial charge in [0.2, 0.25) is 21.9 Å². The first-order valence-electron chi connectivity index (χ1n) is 13.4. The van der Waals surface area contributed by atoms with Crippen molar-refractivity contribution in [3.8, 4) is 22.9 Å². The summed E-state index contributed by atoms with van der Waals surface area (Å²) in [6.45, 7) is 7.35. The SMILES string of the molecule is CCCS(=O)(=O)Nc1c(F)c(C)c(Oc2ncccc2-c2ccnc(N[C@@H]3CNC[C@H](C)C3)n2)c2ccccc12. The fourth-order valence-electron chi connectivity index (χ4n) is 5.00. The molecule has 3 heterocycles. The zero-order valence-corrected chi connectivity index (χ0v) is 23.6. The number of hydrogen-bond acceptors (Lipinski definition) is 8. The Morgan fingerprint density at radius 2 is 1.88 bits per heavy atom. The van der Waals surface area contributed by atoms with Crippen LogP contribution in [-0.2, 0) is 10.0 Å². The molecule has 2 aromatic heterocycles. The molecule has 5 rings (SSSR count). The average Bonchev–Trinajstić information content (AvgIpc) is 2.94. The summed E-state index contributed by atoms with van der Waals surface area (Å²) < 4.78 is 49.5. The van der Waals surface area contributed by atoms with Crippen LogP contribution in [-0.4, -0.2) is 48.3 Å². The Bertz CT molecular complexity index is 1630. The number of piperidine rings is 1. The molecule has 11 heteroatoms. The number of fused-ring (bicyclic) bond motifs is 1. The number of benzene rings is 2. The minimum absolute atomic E-state index is 0.0896. The monoisotopic (exact) mass is 564 g/mol. The molecule has 0 bridgehead atoms. The predicted octanol–water partition coefficient (Wildman–Crippen LogP) is 5.49. The van der Waals surface area contributed by atoms with Crippen LogP contribution in [0.25, 0.3) is 22.0 Å². The van der Waals surface area contributed by atoms with E-state index >= 15 is 4.39 Å². The number of aromatic nitrogens is 3. The zero-order chi connectivity index (χ0) is 28.3. The number of sulfonamides is 1. The summed E-state index contributed by atoms with van der Waals surface area (Å²) in [5.74, 6) is 0.744. The number of anilines is 2. The third-order valence-corrected chi connectivity index (χ3v) is 8.33. The smallest absolute Gasteiger partial charge is 0.232 e. The molecule has 1 aliphatic rings. The van der Waals surface area contributed by atoms with E-state index < -0.39 is 15.8 Å². The average molecular weight is 565 g/mol. The van der Waals surface area contributed by atoms with E-state index in [0.29, 0.717) is 40.3 Å². The Morgan fingerprint density at radius 1 is 1.07 bits per heavy atom. The first-order chi connectivity index (χ1) is 19.3. The van der Waals surface area contributed by atoms with Crippen LogP contribution >= 0.6 is 0 Å². The van der Waals surface area contributed by atoms with Crippen molar-refractivity contribution in [2.75, 3.05) is 28.9 Å². The van der Waals surface area contributed by atoms with Gasteiger partial charge in [0.05, 0.1) is 22.7 Å². The van der Waals surface area contributed by atoms with Gasteiger partial charge >= 0.3 is 0 Å². The van der Waals surface area contributed by atoms with E-state index in [0.717, 1.165) is 19.5 Å². The summed E-state index contributed by atoms with van der Waals surface area (Å²) >= 11 is 0. The highest BCUT2D eigenvalue weighted by Gasteiger charge is 2.24. The van der Waals surface area contributed by atoms with E-state index in [1.807, 2.05) is 6.07 Å². The lowest BCUT2D eigenvalue weighted by atomic mass is 9.98. The second-order valence-electron chi connectivity index (χ2n) is 10.2. The third-order valence-electron chi connectivity index (χ3n) is 6.87. The first-order valence-corrected chi connectivity index (χ1v) is 15.1. The fourth-order valence-corrected chi connectivity index (χ4v) is 6.15. The van der Waals surface area contributed by atoms with Crippen LogP contribution in [0, 0.1) is 18.7 Å². The summed E-state index contributed by atoms with van der Waals surface area (Å²) in [5, 5.41) is 7.77. The summed E-state index contributed by atoms with van der Waals surface area (Å²) in [4.78, 5) is 13.6. The molecule has 0 unspecified atom stereocenters. The minimum Gasteiger partial charge on any atom is -0.437 e. The molecule has 3 N–H and O–H groups in total. The van der Waals surface area contributed by atoms with Crippen LogP contribution in [0.1, 0.15) is 32.3 Å². The van der Waals surface area contributed by atoms with Crippen LogP contribution in [0.4, 0.5) is 16.0 Å². The number of hydrogen-bond donors (Lipinski definition) is 3. The standard InChI is InChI=1S/C29H33FN6O3S/c1-4-14-40(37,38)36-26-21-8-5-6-9-22(21)27(19(3)25(26)30)39-28-23(10-7-12-32-28)24-11-13-33-29(35-24)34-20-15-18(2)16-31-17-20/h5-13,18,20,31,36H,4,14-17H2,1-3H3,(H,33,34,35)/t18-,20+/m1/s1. The molecule has 0 aliphatic carbocycles. The lowest BCUT2D eigenvalue weighted by Crippen LogP contribution is -2.42. The molecule has 0 amide bonds. The normalized spacial score (nSPS) is 17.5. The van der Waals surface area contributed by atoms with E-state index in [1.54, 1.807) is 62.6 Å². The number of ether oxygens (including phenoxy) is 1. The maximum atomic E-state index is 15.7. The predicted molar refractivity (Wildman–Crippen MR) is 156 cm³/mol. The van der Waals surface area contributed by atoms with Gasteiger partial charge in [-0.3, -0.25) is 4.72 Å². The third kappa shape index (κ3) is 6.00. The molecular formula is C29H33FN6O3S. The molecule has 0 spiro atoms. The number of nitrogens with one attached hydrogen (secondary N) is 3. The molecule has 0 radical (unpaired) electrons. The van der Waals surface area contributed by atoms with E-state index in [2.05, 4.69) is 32.2 Å². The number of rotatable bonds is 9. The second-order valence-corrected chi connectivity index (χ2v) is 12.0. The van der Waals surface area contributed by atoms with Crippen LogP contribution in [0.3, 0.4) is 0 Å². The molecule has 1 aliphatic heterocycles. The largest absolute Gasteiger partial charge is 0.437 e. The second kappa shape index (κ2) is 11.7. The van der Waals surface area contributed by atoms with Crippen molar-refractivity contribution in [3.63, 3.8) is 0 Å². The molecule has 1 fully saturated rings. The minimum atomic E-state index is -3.72. The molecule has 1 saturated heterocycles. The Balaban J connectivity index is 1.51. The van der Waals surface area contributed by atoms with Crippen molar-refractivity contribution >= 4 is 32.4 Å². The van der Waals surface area contributed by atoms with E-state index in [9.17, 15) is 8.42 Å². The van der Waals surface area contributed by atoms with Gasteiger partial charge in [-0.05, 0) is 50.4 Å². The number of halogens is 1. The molecule has 2 atom stereocenters. The van der Waals surface area contributed by atoms with Crippen molar-refractivity contribution in [2.24, 2.45) is 5.92 Å². The molecule has 9 nitrogen and oxygen atoms in total. The summed E-state index contributed by atoms with van der Waals surface area (Å²) in [7, 11) is -3.72. The van der Waals surface area contributed by atoms with Crippen LogP contribution in [0.2, 0.25) is 0 Å². The summed E-state index contributed by atoms with van der Waals surface area (Å²) in [5.41, 5.74) is 1.28. The topological polar surface area (TPSA) is 118 Å². The van der Waals surface area contributed by atoms with Crippen LogP contribution in [0.15, 0.2) is 54.9 Å². The van der Waals surface area contributed by atoms with Gasteiger partial charge in [-0.15, -0.1) is 0 Å². The van der Waals surface area contributed by atoms with Crippen molar-refractivity contribution in [1.29, 1.82) is 0 Å². The highest BCUT2D eigenvalue weighted by atomic mass is 32.2. The maximum Gasteiger partial charge on any atom is 0.232 e. The van der Waals surface area contributed by atoms with Crippen molar-refractivity contribution < 1.29 is 17.5 Å². The first kappa shape index (κ1) is 27.7. The van der Waals surface area contributed by atoms with Crippen LogP contribution in [0.5, 0.6) is 11.6 Å². The van der Waals surface area contributed by atoms with Crippen LogP contribution < -0.4 is 20.1 Å². The molecule has 40 heavy (non-hydrogen) atoms. The van der Waals surface area contributed by atoms with Gasteiger partial charge in [0.1, 0.15) is 5.75 Å². The Morgan fingerprint density at radius 3 is 2.65 bits per heavy atom. The molecule has 210 valence electrons. The van der Waals surface area contributed by atoms with Gasteiger partial charge in [0, 0.05) is 41.3 Å². The molecular weight excluding hydrogens is 531 g/mol. The lowest BCUT2D eigenvalue weighted by Gasteiger charge is -2.28. The number of nitrogens with zero attached hydrogens (tertiary/aromatic N) is 3. The molecule has 4 aromatic rings. The fraction of sp³-hybridized carbons (Fsp3) is 0.345. The molecule has 2 aromatic carbocycles. The summed E-state index contributed by atoms with van der Waals surface area (Å²) in [6, 6.07) is 12.5. The van der Waals surface area contributed by atoms with Crippen molar-refractivity contribution in [3.05, 3.63) is 66.2 Å². The number of pyridine rings is 1. The van der Waals surface area contributed by atoms with Gasteiger partial charge in [-0.2, -0.15) is 0 Å². The maximum absolute atomic E-state index is 15.7. The quantitative estimate of drug-likeness (QED) is 0.244. The Hall–Kier alpha value is -3.83. The van der Waals surface area contributed by atoms with Gasteiger partial charge in [-0.1, -0.05) is 38.1 Å². The van der Waals surface area contributed by atoms with Gasteiger partial charge in [0.15, 0.2) is 5.82 Å². The lowest BCUT2D eigenvalue weighted by molar-refractivity contribution is 0.377. The van der Waals surface area contributed by atoms with Crippen molar-refractivity contribution in [1.82, 2.24) is 20.3 Å². The van der Waals surface area contributed by atoms with Gasteiger partial charge in [0.25, 0.3) is 0 Å². The molecule has 0 saturated carbocycles. The Kier molecular flexibility index (Phi) is 8.13. The van der Waals surface area contributed by atoms with Crippen molar-refractivity contribution in [2.45, 2.75) is 39.7 Å². The van der Waals surface area contributed by atoms with E-state index in [4.69, 9.17) is 9.72 Å². The highest BCUT2D eigenvalue weighted by Crippen LogP contribution is 2.42.